The molecule has 0 aliphatic rings. The zero-order valence-corrected chi connectivity index (χ0v) is 9.67. The van der Waals surface area contributed by atoms with Crippen LogP contribution in [-0.2, 0) is 25.8 Å². The molecule has 88 valence electrons. The zero-order chi connectivity index (χ0) is 12.3. The fraction of sp³-hybridized carbons (Fsp3) is 0.300. The number of hydrogen-bond acceptors (Lipinski definition) is 4. The molecule has 0 aromatic heterocycles. The zero-order valence-electron chi connectivity index (χ0n) is 8.86. The molecule has 0 unspecified atom stereocenters. The molecule has 0 N–H and O–H groups in total. The van der Waals surface area contributed by atoms with Crippen LogP contribution in [0.5, 0.6) is 0 Å². The van der Waals surface area contributed by atoms with Gasteiger partial charge in [-0.1, -0.05) is 6.07 Å². The average molecular weight is 246 g/mol. The Balaban J connectivity index is 3.13. The first-order valence-electron chi connectivity index (χ1n) is 4.40. The second-order valence-corrected chi connectivity index (χ2v) is 5.27. The maximum atomic E-state index is 13.2. The summed E-state index contributed by atoms with van der Waals surface area (Å²) >= 11 is 0. The third kappa shape index (κ3) is 3.03. The molecule has 1 rings (SSSR count). The van der Waals surface area contributed by atoms with Crippen molar-refractivity contribution >= 4 is 15.8 Å². The average Bonchev–Trinajstić information content (AvgIpc) is 2.19. The van der Waals surface area contributed by atoms with Crippen molar-refractivity contribution in [2.75, 3.05) is 13.4 Å². The molecule has 0 bridgehead atoms. The van der Waals surface area contributed by atoms with Gasteiger partial charge in [0.25, 0.3) is 0 Å². The van der Waals surface area contributed by atoms with Gasteiger partial charge in [0.05, 0.1) is 13.5 Å². The van der Waals surface area contributed by atoms with Crippen LogP contribution in [0.4, 0.5) is 4.39 Å². The van der Waals surface area contributed by atoms with E-state index >= 15 is 0 Å². The van der Waals surface area contributed by atoms with Crippen molar-refractivity contribution < 1.29 is 22.3 Å². The van der Waals surface area contributed by atoms with E-state index < -0.39 is 26.5 Å². The van der Waals surface area contributed by atoms with E-state index in [4.69, 9.17) is 0 Å². The van der Waals surface area contributed by atoms with Crippen LogP contribution in [0.2, 0.25) is 0 Å². The van der Waals surface area contributed by atoms with Crippen molar-refractivity contribution in [1.82, 2.24) is 0 Å². The third-order valence-electron chi connectivity index (χ3n) is 1.97. The lowest BCUT2D eigenvalue weighted by molar-refractivity contribution is -0.139. The number of esters is 1. The van der Waals surface area contributed by atoms with Gasteiger partial charge in [-0.25, -0.2) is 12.8 Å². The normalized spacial score (nSPS) is 11.2. The second kappa shape index (κ2) is 4.61. The first-order valence-corrected chi connectivity index (χ1v) is 6.29. The number of hydrogen-bond donors (Lipinski definition) is 0. The summed E-state index contributed by atoms with van der Waals surface area (Å²) in [4.78, 5) is 10.6. The monoisotopic (exact) mass is 246 g/mol. The Kier molecular flexibility index (Phi) is 3.64. The standard InChI is InChI=1S/C10H11FO4S/c1-15-10(12)6-7-3-4-8(11)9(5-7)16(2,13)14/h3-5H,6H2,1-2H3. The SMILES string of the molecule is COC(=O)Cc1ccc(F)c(S(C)(=O)=O)c1. The minimum absolute atomic E-state index is 0.0840. The maximum absolute atomic E-state index is 13.2. The Morgan fingerprint density at radius 3 is 2.56 bits per heavy atom. The highest BCUT2D eigenvalue weighted by Gasteiger charge is 2.15. The Morgan fingerprint density at radius 1 is 1.44 bits per heavy atom. The van der Waals surface area contributed by atoms with Crippen LogP contribution < -0.4 is 0 Å². The summed E-state index contributed by atoms with van der Waals surface area (Å²) in [5, 5.41) is 0. The molecule has 0 saturated heterocycles. The van der Waals surface area contributed by atoms with Crippen molar-refractivity contribution in [2.24, 2.45) is 0 Å². The van der Waals surface area contributed by atoms with E-state index in [1.807, 2.05) is 0 Å². The lowest BCUT2D eigenvalue weighted by Crippen LogP contribution is -2.07. The first-order chi connectivity index (χ1) is 7.34. The first kappa shape index (κ1) is 12.6. The summed E-state index contributed by atoms with van der Waals surface area (Å²) < 4.78 is 40.0. The second-order valence-electron chi connectivity index (χ2n) is 3.29. The topological polar surface area (TPSA) is 60.4 Å². The van der Waals surface area contributed by atoms with Gasteiger partial charge in [0.2, 0.25) is 0 Å². The van der Waals surface area contributed by atoms with Gasteiger partial charge >= 0.3 is 5.97 Å². The van der Waals surface area contributed by atoms with Gasteiger partial charge in [0.15, 0.2) is 9.84 Å². The van der Waals surface area contributed by atoms with E-state index in [0.29, 0.717) is 5.56 Å². The molecule has 0 spiro atoms. The Bertz CT molecular complexity index is 508. The number of methoxy groups -OCH3 is 1. The number of benzene rings is 1. The number of carbonyl (C=O) groups is 1. The van der Waals surface area contributed by atoms with Gasteiger partial charge in [0, 0.05) is 6.26 Å². The van der Waals surface area contributed by atoms with Gasteiger partial charge in [-0.2, -0.15) is 0 Å². The molecular weight excluding hydrogens is 235 g/mol. The number of ether oxygens (including phenoxy) is 1. The molecule has 0 atom stereocenters. The highest BCUT2D eigenvalue weighted by molar-refractivity contribution is 7.90. The van der Waals surface area contributed by atoms with Crippen molar-refractivity contribution in [3.05, 3.63) is 29.6 Å². The molecule has 0 saturated carbocycles. The quantitative estimate of drug-likeness (QED) is 0.745. The predicted molar refractivity (Wildman–Crippen MR) is 55.2 cm³/mol. The van der Waals surface area contributed by atoms with Crippen LogP contribution in [0.3, 0.4) is 0 Å². The molecule has 0 amide bonds. The van der Waals surface area contributed by atoms with Crippen molar-refractivity contribution in [2.45, 2.75) is 11.3 Å². The molecule has 0 heterocycles. The van der Waals surface area contributed by atoms with Gasteiger partial charge in [-0.15, -0.1) is 0 Å². The summed E-state index contributed by atoms with van der Waals surface area (Å²) in [7, 11) is -2.40. The Morgan fingerprint density at radius 2 is 2.06 bits per heavy atom. The van der Waals surface area contributed by atoms with E-state index in [9.17, 15) is 17.6 Å². The Hall–Kier alpha value is -1.43. The van der Waals surface area contributed by atoms with Crippen LogP contribution in [0.25, 0.3) is 0 Å². The number of rotatable bonds is 3. The molecule has 6 heteroatoms. The van der Waals surface area contributed by atoms with Crippen LogP contribution in [-0.4, -0.2) is 27.8 Å². The van der Waals surface area contributed by atoms with E-state index in [1.54, 1.807) is 0 Å². The maximum Gasteiger partial charge on any atom is 0.309 e. The lowest BCUT2D eigenvalue weighted by atomic mass is 10.1. The van der Waals surface area contributed by atoms with Crippen molar-refractivity contribution in [3.63, 3.8) is 0 Å². The minimum atomic E-state index is -3.63. The van der Waals surface area contributed by atoms with Gasteiger partial charge in [-0.3, -0.25) is 4.79 Å². The lowest BCUT2D eigenvalue weighted by Gasteiger charge is -2.04. The van der Waals surface area contributed by atoms with E-state index in [-0.39, 0.29) is 6.42 Å². The fourth-order valence-electron chi connectivity index (χ4n) is 1.18. The highest BCUT2D eigenvalue weighted by atomic mass is 32.2. The van der Waals surface area contributed by atoms with Gasteiger partial charge < -0.3 is 4.74 Å². The van der Waals surface area contributed by atoms with E-state index in [2.05, 4.69) is 4.74 Å². The van der Waals surface area contributed by atoms with E-state index in [0.717, 1.165) is 18.4 Å². The molecule has 0 aliphatic heterocycles. The summed E-state index contributed by atoms with van der Waals surface area (Å²) in [6.45, 7) is 0. The highest BCUT2D eigenvalue weighted by Crippen LogP contribution is 2.16. The molecular formula is C10H11FO4S. The van der Waals surface area contributed by atoms with Crippen LogP contribution >= 0.6 is 0 Å². The minimum Gasteiger partial charge on any atom is -0.469 e. The van der Waals surface area contributed by atoms with Crippen LogP contribution in [0.15, 0.2) is 23.1 Å². The third-order valence-corrected chi connectivity index (χ3v) is 3.08. The van der Waals surface area contributed by atoms with Crippen LogP contribution in [0.1, 0.15) is 5.56 Å². The molecule has 1 aromatic rings. The smallest absolute Gasteiger partial charge is 0.309 e. The van der Waals surface area contributed by atoms with Crippen molar-refractivity contribution in [3.8, 4) is 0 Å². The van der Waals surface area contributed by atoms with Crippen LogP contribution in [0, 0.1) is 5.82 Å². The number of sulfone groups is 1. The number of halogens is 1. The fourth-order valence-corrected chi connectivity index (χ4v) is 1.97. The molecule has 0 radical (unpaired) electrons. The predicted octanol–water partition coefficient (Wildman–Crippen LogP) is 0.945. The summed E-state index contributed by atoms with van der Waals surface area (Å²) in [6.07, 6.45) is 0.826. The molecule has 1 aromatic carbocycles. The summed E-state index contributed by atoms with van der Waals surface area (Å²) in [5.41, 5.74) is 0.397. The molecule has 16 heavy (non-hydrogen) atoms. The molecule has 4 nitrogen and oxygen atoms in total. The molecule has 0 aliphatic carbocycles. The summed E-state index contributed by atoms with van der Waals surface area (Å²) in [5.74, 6) is -1.33. The van der Waals surface area contributed by atoms with Crippen molar-refractivity contribution in [1.29, 1.82) is 0 Å². The number of carbonyl (C=O) groups excluding carboxylic acids is 1. The Labute approximate surface area is 93.0 Å². The van der Waals surface area contributed by atoms with E-state index in [1.165, 1.54) is 13.2 Å². The largest absolute Gasteiger partial charge is 0.469 e. The summed E-state index contributed by atoms with van der Waals surface area (Å²) in [6, 6.07) is 3.51. The van der Waals surface area contributed by atoms with Gasteiger partial charge in [-0.05, 0) is 17.7 Å². The molecule has 0 fully saturated rings. The van der Waals surface area contributed by atoms with Gasteiger partial charge in [0.1, 0.15) is 10.7 Å².